The van der Waals surface area contributed by atoms with E-state index in [-0.39, 0.29) is 6.04 Å². The van der Waals surface area contributed by atoms with Crippen molar-refractivity contribution in [3.05, 3.63) is 0 Å². The van der Waals surface area contributed by atoms with Gasteiger partial charge in [0, 0.05) is 31.9 Å². The first kappa shape index (κ1) is 17.2. The van der Waals surface area contributed by atoms with Gasteiger partial charge in [-0.1, -0.05) is 0 Å². The summed E-state index contributed by atoms with van der Waals surface area (Å²) in [5.41, 5.74) is 0. The predicted octanol–water partition coefficient (Wildman–Crippen LogP) is 0.846. The van der Waals surface area contributed by atoms with Crippen LogP contribution in [0, 0.1) is 5.92 Å². The maximum Gasteiger partial charge on any atom is 0.282 e. The fourth-order valence-electron chi connectivity index (χ4n) is 2.45. The summed E-state index contributed by atoms with van der Waals surface area (Å²) in [6.07, 6.45) is 4.06. The summed E-state index contributed by atoms with van der Waals surface area (Å²) in [5, 5.41) is 3.14. The van der Waals surface area contributed by atoms with Gasteiger partial charge in [0.25, 0.3) is 10.2 Å². The lowest BCUT2D eigenvalue weighted by Gasteiger charge is -2.36. The van der Waals surface area contributed by atoms with Crippen LogP contribution in [0.25, 0.3) is 0 Å². The Balaban J connectivity index is 2.70. The molecule has 0 aliphatic carbocycles. The SMILES string of the molecule is CNCC1CCCN(S(=O)(=O)N(C)C(C)CSC)C1. The van der Waals surface area contributed by atoms with Crippen molar-refractivity contribution in [2.75, 3.05) is 45.7 Å². The van der Waals surface area contributed by atoms with Crippen molar-refractivity contribution in [3.63, 3.8) is 0 Å². The van der Waals surface area contributed by atoms with E-state index in [9.17, 15) is 8.42 Å². The molecular formula is C12H27N3O2S2. The van der Waals surface area contributed by atoms with Crippen molar-refractivity contribution in [1.29, 1.82) is 0 Å². The summed E-state index contributed by atoms with van der Waals surface area (Å²) in [4.78, 5) is 0. The zero-order chi connectivity index (χ0) is 14.5. The molecule has 5 nitrogen and oxygen atoms in total. The number of nitrogens with one attached hydrogen (secondary N) is 1. The summed E-state index contributed by atoms with van der Waals surface area (Å²) in [7, 11) is 0.300. The van der Waals surface area contributed by atoms with Crippen LogP contribution in [0.4, 0.5) is 0 Å². The lowest BCUT2D eigenvalue weighted by atomic mass is 10.00. The average Bonchev–Trinajstić information content (AvgIpc) is 2.39. The molecule has 0 amide bonds. The Bertz CT molecular complexity index is 360. The number of nitrogens with zero attached hydrogens (tertiary/aromatic N) is 2. The first-order chi connectivity index (χ1) is 8.93. The maximum absolute atomic E-state index is 12.6. The molecule has 0 bridgehead atoms. The van der Waals surface area contributed by atoms with E-state index in [0.717, 1.165) is 25.1 Å². The van der Waals surface area contributed by atoms with Crippen molar-refractivity contribution in [2.45, 2.75) is 25.8 Å². The molecule has 1 rings (SSSR count). The van der Waals surface area contributed by atoms with Gasteiger partial charge in [-0.2, -0.15) is 28.8 Å². The Morgan fingerprint density at radius 3 is 2.79 bits per heavy atom. The standard InChI is InChI=1S/C12H27N3O2S2/c1-11(10-18-4)14(3)19(16,17)15-7-5-6-12(9-15)8-13-2/h11-13H,5-10H2,1-4H3. The van der Waals surface area contributed by atoms with Crippen LogP contribution in [0.1, 0.15) is 19.8 Å². The molecule has 0 aromatic carbocycles. The largest absolute Gasteiger partial charge is 0.319 e. The van der Waals surface area contributed by atoms with Crippen molar-refractivity contribution >= 4 is 22.0 Å². The van der Waals surface area contributed by atoms with Crippen LogP contribution in [-0.2, 0) is 10.2 Å². The minimum absolute atomic E-state index is 0.0321. The molecule has 7 heteroatoms. The van der Waals surface area contributed by atoms with E-state index in [1.54, 1.807) is 23.1 Å². The van der Waals surface area contributed by atoms with Gasteiger partial charge in [0.2, 0.25) is 0 Å². The molecule has 2 unspecified atom stereocenters. The van der Waals surface area contributed by atoms with Crippen molar-refractivity contribution < 1.29 is 8.42 Å². The molecule has 1 aliphatic rings. The fourth-order valence-corrected chi connectivity index (χ4v) is 4.90. The lowest BCUT2D eigenvalue weighted by Crippen LogP contribution is -2.50. The monoisotopic (exact) mass is 309 g/mol. The zero-order valence-electron chi connectivity index (χ0n) is 12.4. The highest BCUT2D eigenvalue weighted by molar-refractivity contribution is 7.98. The van der Waals surface area contributed by atoms with E-state index in [1.165, 1.54) is 4.31 Å². The van der Waals surface area contributed by atoms with E-state index >= 15 is 0 Å². The number of hydrogen-bond donors (Lipinski definition) is 1. The molecule has 114 valence electrons. The van der Waals surface area contributed by atoms with Crippen LogP contribution in [0.3, 0.4) is 0 Å². The Labute approximate surface area is 122 Å². The molecule has 19 heavy (non-hydrogen) atoms. The summed E-state index contributed by atoms with van der Waals surface area (Å²) in [5.74, 6) is 1.25. The molecular weight excluding hydrogens is 282 g/mol. The van der Waals surface area contributed by atoms with Gasteiger partial charge in [-0.3, -0.25) is 0 Å². The second kappa shape index (κ2) is 7.83. The Morgan fingerprint density at radius 2 is 2.21 bits per heavy atom. The second-order valence-electron chi connectivity index (χ2n) is 5.25. The first-order valence-corrected chi connectivity index (χ1v) is 9.59. The van der Waals surface area contributed by atoms with E-state index in [2.05, 4.69) is 5.32 Å². The van der Waals surface area contributed by atoms with Crippen LogP contribution >= 0.6 is 11.8 Å². The Hall–Kier alpha value is 0.180. The van der Waals surface area contributed by atoms with Crippen LogP contribution in [0.15, 0.2) is 0 Å². The smallest absolute Gasteiger partial charge is 0.282 e. The summed E-state index contributed by atoms with van der Waals surface area (Å²) < 4.78 is 28.3. The topological polar surface area (TPSA) is 52.7 Å². The van der Waals surface area contributed by atoms with Crippen LogP contribution in [0.5, 0.6) is 0 Å². The molecule has 1 saturated heterocycles. The van der Waals surface area contributed by atoms with E-state index in [4.69, 9.17) is 0 Å². The zero-order valence-corrected chi connectivity index (χ0v) is 14.1. The minimum Gasteiger partial charge on any atom is -0.319 e. The molecule has 0 radical (unpaired) electrons. The van der Waals surface area contributed by atoms with E-state index in [0.29, 0.717) is 19.0 Å². The highest BCUT2D eigenvalue weighted by Crippen LogP contribution is 2.21. The van der Waals surface area contributed by atoms with Gasteiger partial charge >= 0.3 is 0 Å². The highest BCUT2D eigenvalue weighted by atomic mass is 32.2. The third-order valence-electron chi connectivity index (χ3n) is 3.69. The Morgan fingerprint density at radius 1 is 1.53 bits per heavy atom. The molecule has 0 aromatic rings. The average molecular weight is 310 g/mol. The van der Waals surface area contributed by atoms with Gasteiger partial charge in [-0.05, 0) is 45.5 Å². The molecule has 1 aliphatic heterocycles. The van der Waals surface area contributed by atoms with Gasteiger partial charge in [0.15, 0.2) is 0 Å². The molecule has 1 heterocycles. The summed E-state index contributed by atoms with van der Waals surface area (Å²) in [6, 6.07) is 0.0321. The normalized spacial score (nSPS) is 23.7. The van der Waals surface area contributed by atoms with Gasteiger partial charge < -0.3 is 5.32 Å². The quantitative estimate of drug-likeness (QED) is 0.757. The minimum atomic E-state index is -3.31. The number of rotatable bonds is 7. The van der Waals surface area contributed by atoms with Crippen LogP contribution in [0.2, 0.25) is 0 Å². The van der Waals surface area contributed by atoms with Crippen LogP contribution in [-0.4, -0.2) is 68.8 Å². The van der Waals surface area contributed by atoms with E-state index < -0.39 is 10.2 Å². The number of piperidine rings is 1. The van der Waals surface area contributed by atoms with Crippen molar-refractivity contribution in [2.24, 2.45) is 5.92 Å². The molecule has 0 spiro atoms. The van der Waals surface area contributed by atoms with Gasteiger partial charge in [0.05, 0.1) is 0 Å². The van der Waals surface area contributed by atoms with Gasteiger partial charge in [-0.15, -0.1) is 0 Å². The Kier molecular flexibility index (Phi) is 7.10. The molecule has 0 aromatic heterocycles. The predicted molar refractivity (Wildman–Crippen MR) is 82.8 cm³/mol. The first-order valence-electron chi connectivity index (χ1n) is 6.80. The molecule has 1 fully saturated rings. The molecule has 2 atom stereocenters. The highest BCUT2D eigenvalue weighted by Gasteiger charge is 2.33. The van der Waals surface area contributed by atoms with Crippen molar-refractivity contribution in [3.8, 4) is 0 Å². The fraction of sp³-hybridized carbons (Fsp3) is 1.00. The third kappa shape index (κ3) is 4.60. The van der Waals surface area contributed by atoms with Gasteiger partial charge in [0.1, 0.15) is 0 Å². The third-order valence-corrected chi connectivity index (χ3v) is 6.58. The molecule has 0 saturated carbocycles. The number of thioether (sulfide) groups is 1. The van der Waals surface area contributed by atoms with E-state index in [1.807, 2.05) is 20.2 Å². The second-order valence-corrected chi connectivity index (χ2v) is 8.15. The summed E-state index contributed by atoms with van der Waals surface area (Å²) >= 11 is 1.67. The summed E-state index contributed by atoms with van der Waals surface area (Å²) in [6.45, 7) is 4.14. The molecule has 1 N–H and O–H groups in total. The van der Waals surface area contributed by atoms with Crippen LogP contribution < -0.4 is 5.32 Å². The van der Waals surface area contributed by atoms with Crippen molar-refractivity contribution in [1.82, 2.24) is 13.9 Å². The van der Waals surface area contributed by atoms with Gasteiger partial charge in [-0.25, -0.2) is 0 Å². The lowest BCUT2D eigenvalue weighted by molar-refractivity contribution is 0.244. The maximum atomic E-state index is 12.6. The number of hydrogen-bond acceptors (Lipinski definition) is 4.